The second-order valence-corrected chi connectivity index (χ2v) is 4.54. The van der Waals surface area contributed by atoms with Gasteiger partial charge in [0.05, 0.1) is 4.92 Å². The Morgan fingerprint density at radius 1 is 1.21 bits per heavy atom. The summed E-state index contributed by atoms with van der Waals surface area (Å²) in [6.07, 6.45) is 0. The molecule has 0 fully saturated rings. The van der Waals surface area contributed by atoms with Crippen LogP contribution >= 0.6 is 11.5 Å². The Balaban J connectivity index is 2.24. The van der Waals surface area contributed by atoms with Crippen molar-refractivity contribution in [2.75, 3.05) is 5.73 Å². The van der Waals surface area contributed by atoms with E-state index in [0.29, 0.717) is 27.6 Å². The third-order valence-electron chi connectivity index (χ3n) is 2.57. The number of nitro benzene ring substituents is 1. The molecule has 0 amide bonds. The van der Waals surface area contributed by atoms with Gasteiger partial charge in [-0.3, -0.25) is 10.1 Å². The van der Waals surface area contributed by atoms with Gasteiger partial charge in [-0.15, -0.1) is 0 Å². The van der Waals surface area contributed by atoms with E-state index in [1.807, 2.05) is 0 Å². The second kappa shape index (κ2) is 4.25. The van der Waals surface area contributed by atoms with E-state index >= 15 is 0 Å². The van der Waals surface area contributed by atoms with Gasteiger partial charge in [0.1, 0.15) is 11.2 Å². The molecule has 0 bridgehead atoms. The van der Waals surface area contributed by atoms with Gasteiger partial charge in [0, 0.05) is 23.0 Å². The molecule has 0 aliphatic heterocycles. The molecule has 0 saturated heterocycles. The average molecular weight is 273 g/mol. The maximum absolute atomic E-state index is 11.0. The Labute approximate surface area is 111 Å². The van der Waals surface area contributed by atoms with Gasteiger partial charge in [-0.2, -0.15) is 9.36 Å². The molecule has 0 unspecified atom stereocenters. The Kier molecular flexibility index (Phi) is 2.57. The minimum Gasteiger partial charge on any atom is -0.374 e. The lowest BCUT2D eigenvalue weighted by Crippen LogP contribution is -1.93. The molecule has 0 spiro atoms. The summed E-state index contributed by atoms with van der Waals surface area (Å²) in [6.45, 7) is 0. The average Bonchev–Trinajstić information content (AvgIpc) is 2.84. The maximum atomic E-state index is 11.0. The molecule has 19 heavy (non-hydrogen) atoms. The van der Waals surface area contributed by atoms with Crippen molar-refractivity contribution in [2.24, 2.45) is 0 Å². The smallest absolute Gasteiger partial charge is 0.295 e. The highest BCUT2D eigenvalue weighted by atomic mass is 32.1. The lowest BCUT2D eigenvalue weighted by atomic mass is 10.1. The van der Waals surface area contributed by atoms with Crippen molar-refractivity contribution in [3.05, 3.63) is 40.4 Å². The predicted molar refractivity (Wildman–Crippen MR) is 71.7 cm³/mol. The van der Waals surface area contributed by atoms with Crippen molar-refractivity contribution in [3.8, 4) is 11.5 Å². The molecule has 8 heteroatoms. The first kappa shape index (κ1) is 11.5. The fourth-order valence-corrected chi connectivity index (χ4v) is 2.18. The van der Waals surface area contributed by atoms with Gasteiger partial charge >= 0.3 is 0 Å². The minimum absolute atomic E-state index is 0.0393. The van der Waals surface area contributed by atoms with Crippen molar-refractivity contribution >= 4 is 33.3 Å². The number of nitro groups is 1. The molecule has 2 aromatic heterocycles. The number of nitrogen functional groups attached to an aromatic ring is 1. The molecule has 94 valence electrons. The van der Waals surface area contributed by atoms with Gasteiger partial charge in [-0.25, -0.2) is 4.98 Å². The second-order valence-electron chi connectivity index (χ2n) is 3.76. The van der Waals surface area contributed by atoms with Crippen LogP contribution in [0.4, 0.5) is 10.8 Å². The van der Waals surface area contributed by atoms with E-state index in [1.54, 1.807) is 24.3 Å². The van der Waals surface area contributed by atoms with Crippen LogP contribution < -0.4 is 5.73 Å². The SMILES string of the molecule is Nc1nc(-c2ccc3cccc([N+](=O)[O-])c3n2)ns1. The van der Waals surface area contributed by atoms with Crippen molar-refractivity contribution < 1.29 is 4.92 Å². The number of para-hydroxylation sites is 1. The molecule has 0 radical (unpaired) electrons. The predicted octanol–water partition coefficient (Wildman–Crippen LogP) is 2.24. The summed E-state index contributed by atoms with van der Waals surface area (Å²) >= 11 is 1.06. The Bertz CT molecular complexity index is 786. The zero-order valence-electron chi connectivity index (χ0n) is 9.48. The van der Waals surface area contributed by atoms with Gasteiger partial charge < -0.3 is 5.73 Å². The van der Waals surface area contributed by atoms with Crippen LogP contribution in [0.1, 0.15) is 0 Å². The van der Waals surface area contributed by atoms with Crippen molar-refractivity contribution in [3.63, 3.8) is 0 Å². The molecule has 0 atom stereocenters. The Morgan fingerprint density at radius 2 is 2.05 bits per heavy atom. The normalized spacial score (nSPS) is 10.7. The first-order chi connectivity index (χ1) is 9.15. The molecule has 2 N–H and O–H groups in total. The summed E-state index contributed by atoms with van der Waals surface area (Å²) < 4.78 is 4.04. The van der Waals surface area contributed by atoms with Crippen LogP contribution in [-0.4, -0.2) is 19.3 Å². The number of rotatable bonds is 2. The van der Waals surface area contributed by atoms with Gasteiger partial charge in [0.25, 0.3) is 5.69 Å². The molecule has 1 aromatic carbocycles. The van der Waals surface area contributed by atoms with E-state index in [2.05, 4.69) is 14.3 Å². The Morgan fingerprint density at radius 3 is 2.74 bits per heavy atom. The topological polar surface area (TPSA) is 108 Å². The summed E-state index contributed by atoms with van der Waals surface area (Å²) in [6, 6.07) is 8.28. The highest BCUT2D eigenvalue weighted by Gasteiger charge is 2.14. The number of nitrogens with two attached hydrogens (primary N) is 1. The molecular weight excluding hydrogens is 266 g/mol. The summed E-state index contributed by atoms with van der Waals surface area (Å²) in [7, 11) is 0. The molecular formula is C11H7N5O2S. The monoisotopic (exact) mass is 273 g/mol. The Hall–Kier alpha value is -2.61. The van der Waals surface area contributed by atoms with Crippen molar-refractivity contribution in [1.29, 1.82) is 0 Å². The van der Waals surface area contributed by atoms with E-state index in [1.165, 1.54) is 6.07 Å². The third kappa shape index (κ3) is 1.97. The highest BCUT2D eigenvalue weighted by molar-refractivity contribution is 7.09. The van der Waals surface area contributed by atoms with Crippen LogP contribution in [0, 0.1) is 10.1 Å². The zero-order valence-corrected chi connectivity index (χ0v) is 10.3. The fourth-order valence-electron chi connectivity index (χ4n) is 1.74. The van der Waals surface area contributed by atoms with Crippen molar-refractivity contribution in [1.82, 2.24) is 14.3 Å². The lowest BCUT2D eigenvalue weighted by Gasteiger charge is -2.00. The van der Waals surface area contributed by atoms with Crippen LogP contribution in [-0.2, 0) is 0 Å². The first-order valence-corrected chi connectivity index (χ1v) is 6.06. The lowest BCUT2D eigenvalue weighted by molar-refractivity contribution is -0.383. The van der Waals surface area contributed by atoms with Crippen LogP contribution in [0.3, 0.4) is 0 Å². The molecule has 0 saturated carbocycles. The molecule has 3 rings (SSSR count). The number of fused-ring (bicyclic) bond motifs is 1. The summed E-state index contributed by atoms with van der Waals surface area (Å²) in [5.41, 5.74) is 6.26. The molecule has 0 aliphatic rings. The standard InChI is InChI=1S/C11H7N5O2S/c12-11-14-10(15-19-11)7-5-4-6-2-1-3-8(16(17)18)9(6)13-7/h1-5H,(H2,12,14,15). The van der Waals surface area contributed by atoms with E-state index < -0.39 is 4.92 Å². The summed E-state index contributed by atoms with van der Waals surface area (Å²) in [5.74, 6) is 0.377. The highest BCUT2D eigenvalue weighted by Crippen LogP contribution is 2.26. The van der Waals surface area contributed by atoms with E-state index in [0.717, 1.165) is 11.5 Å². The van der Waals surface area contributed by atoms with Crippen LogP contribution in [0.5, 0.6) is 0 Å². The number of benzene rings is 1. The van der Waals surface area contributed by atoms with Gasteiger partial charge in [0.15, 0.2) is 11.0 Å². The van der Waals surface area contributed by atoms with E-state index in [9.17, 15) is 10.1 Å². The zero-order chi connectivity index (χ0) is 13.4. The van der Waals surface area contributed by atoms with Crippen LogP contribution in [0.15, 0.2) is 30.3 Å². The summed E-state index contributed by atoms with van der Waals surface area (Å²) in [5, 5.41) is 12.0. The summed E-state index contributed by atoms with van der Waals surface area (Å²) in [4.78, 5) is 18.8. The molecule has 2 heterocycles. The minimum atomic E-state index is -0.456. The molecule has 3 aromatic rings. The largest absolute Gasteiger partial charge is 0.374 e. The van der Waals surface area contributed by atoms with Gasteiger partial charge in [-0.1, -0.05) is 18.2 Å². The van der Waals surface area contributed by atoms with Crippen LogP contribution in [0.25, 0.3) is 22.4 Å². The molecule has 0 aliphatic carbocycles. The van der Waals surface area contributed by atoms with E-state index in [-0.39, 0.29) is 5.69 Å². The number of nitrogens with zero attached hydrogens (tertiary/aromatic N) is 4. The first-order valence-electron chi connectivity index (χ1n) is 5.29. The fraction of sp³-hybridized carbons (Fsp3) is 0. The number of pyridine rings is 1. The molecule has 7 nitrogen and oxygen atoms in total. The number of non-ortho nitro benzene ring substituents is 1. The van der Waals surface area contributed by atoms with Crippen LogP contribution in [0.2, 0.25) is 0 Å². The number of aromatic nitrogens is 3. The number of hydrogen-bond acceptors (Lipinski definition) is 7. The van der Waals surface area contributed by atoms with Crippen molar-refractivity contribution in [2.45, 2.75) is 0 Å². The quantitative estimate of drug-likeness (QED) is 0.566. The maximum Gasteiger partial charge on any atom is 0.295 e. The number of hydrogen-bond donors (Lipinski definition) is 1. The number of anilines is 1. The van der Waals surface area contributed by atoms with Gasteiger partial charge in [-0.05, 0) is 6.07 Å². The third-order valence-corrected chi connectivity index (χ3v) is 3.11. The van der Waals surface area contributed by atoms with E-state index in [4.69, 9.17) is 5.73 Å². The van der Waals surface area contributed by atoms with Gasteiger partial charge in [0.2, 0.25) is 0 Å².